The Morgan fingerprint density at radius 2 is 2.00 bits per heavy atom. The van der Waals surface area contributed by atoms with Crippen molar-refractivity contribution in [3.05, 3.63) is 47.5 Å². The Bertz CT molecular complexity index is 508. The van der Waals surface area contributed by atoms with Crippen LogP contribution in [0.1, 0.15) is 38.2 Å². The molecule has 1 saturated heterocycles. The summed E-state index contributed by atoms with van der Waals surface area (Å²) in [5.74, 6) is -0.601. The highest BCUT2D eigenvalue weighted by molar-refractivity contribution is 6.12. The molecule has 1 heterocycles. The lowest BCUT2D eigenvalue weighted by Gasteiger charge is -2.12. The summed E-state index contributed by atoms with van der Waals surface area (Å²) in [4.78, 5) is 29.2. The molecule has 0 unspecified atom stereocenters. The number of benzene rings is 1. The first kappa shape index (κ1) is 14.5. The Labute approximate surface area is 119 Å². The van der Waals surface area contributed by atoms with Gasteiger partial charge in [0.2, 0.25) is 0 Å². The second-order valence-corrected chi connectivity index (χ2v) is 4.80. The fourth-order valence-corrected chi connectivity index (χ4v) is 2.04. The van der Waals surface area contributed by atoms with E-state index in [0.29, 0.717) is 5.57 Å². The third-order valence-electron chi connectivity index (χ3n) is 3.18. The third-order valence-corrected chi connectivity index (χ3v) is 3.18. The lowest BCUT2D eigenvalue weighted by molar-refractivity contribution is -0.190. The topological polar surface area (TPSA) is 46.6 Å². The second-order valence-electron chi connectivity index (χ2n) is 4.80. The number of allylic oxidation sites excluding steroid dienone is 1. The van der Waals surface area contributed by atoms with Crippen LogP contribution < -0.4 is 0 Å². The molecule has 1 aliphatic heterocycles. The molecule has 0 aliphatic carbocycles. The fraction of sp³-hybridized carbons (Fsp3) is 0.375. The van der Waals surface area contributed by atoms with Crippen LogP contribution in [0.3, 0.4) is 0 Å². The highest BCUT2D eigenvalue weighted by Crippen LogP contribution is 2.21. The zero-order valence-electron chi connectivity index (χ0n) is 11.7. The van der Waals surface area contributed by atoms with Crippen LogP contribution in [0, 0.1) is 0 Å². The van der Waals surface area contributed by atoms with E-state index in [1.165, 1.54) is 0 Å². The smallest absolute Gasteiger partial charge is 0.272 e. The van der Waals surface area contributed by atoms with Crippen molar-refractivity contribution in [1.29, 1.82) is 0 Å². The average Bonchev–Trinajstić information content (AvgIpc) is 2.73. The first-order chi connectivity index (χ1) is 9.72. The molecular formula is C16H19NO3. The van der Waals surface area contributed by atoms with E-state index in [4.69, 9.17) is 4.84 Å². The van der Waals surface area contributed by atoms with Crippen molar-refractivity contribution in [2.75, 3.05) is 0 Å². The summed E-state index contributed by atoms with van der Waals surface area (Å²) < 4.78 is 0. The lowest BCUT2D eigenvalue weighted by atomic mass is 10.1. The van der Waals surface area contributed by atoms with Gasteiger partial charge in [0, 0.05) is 5.57 Å². The maximum atomic E-state index is 12.0. The number of rotatable bonds is 6. The highest BCUT2D eigenvalue weighted by Gasteiger charge is 2.34. The summed E-state index contributed by atoms with van der Waals surface area (Å²) >= 11 is 0. The summed E-state index contributed by atoms with van der Waals surface area (Å²) in [5.41, 5.74) is 1.48. The molecule has 1 fully saturated rings. The van der Waals surface area contributed by atoms with Crippen molar-refractivity contribution in [3.8, 4) is 0 Å². The zero-order chi connectivity index (χ0) is 14.4. The number of nitrogens with zero attached hydrogens (tertiary/aromatic N) is 1. The molecule has 1 aromatic carbocycles. The van der Waals surface area contributed by atoms with E-state index in [-0.39, 0.29) is 24.8 Å². The van der Waals surface area contributed by atoms with Gasteiger partial charge in [0.25, 0.3) is 11.8 Å². The molecule has 0 atom stereocenters. The number of hydroxylamine groups is 2. The van der Waals surface area contributed by atoms with Crippen molar-refractivity contribution in [2.24, 2.45) is 0 Å². The van der Waals surface area contributed by atoms with Gasteiger partial charge in [-0.1, -0.05) is 56.2 Å². The SMILES string of the molecule is CCCC/C=C1\CC(=O)N(OCc2ccccc2)C1=O. The van der Waals surface area contributed by atoms with E-state index in [1.807, 2.05) is 36.4 Å². The second kappa shape index (κ2) is 7.01. The van der Waals surface area contributed by atoms with Gasteiger partial charge in [-0.3, -0.25) is 14.4 Å². The minimum atomic E-state index is -0.318. The molecule has 0 bridgehead atoms. The van der Waals surface area contributed by atoms with Crippen molar-refractivity contribution < 1.29 is 14.4 Å². The predicted octanol–water partition coefficient (Wildman–Crippen LogP) is 2.99. The zero-order valence-corrected chi connectivity index (χ0v) is 11.7. The van der Waals surface area contributed by atoms with Crippen LogP contribution >= 0.6 is 0 Å². The summed E-state index contributed by atoms with van der Waals surface area (Å²) in [6.45, 7) is 2.32. The van der Waals surface area contributed by atoms with Gasteiger partial charge < -0.3 is 0 Å². The summed E-state index contributed by atoms with van der Waals surface area (Å²) in [5, 5.41) is 0.894. The molecule has 0 radical (unpaired) electrons. The average molecular weight is 273 g/mol. The van der Waals surface area contributed by atoms with Gasteiger partial charge in [-0.15, -0.1) is 5.06 Å². The molecule has 20 heavy (non-hydrogen) atoms. The molecule has 4 heteroatoms. The van der Waals surface area contributed by atoms with E-state index >= 15 is 0 Å². The molecule has 4 nitrogen and oxygen atoms in total. The Morgan fingerprint density at radius 1 is 1.25 bits per heavy atom. The van der Waals surface area contributed by atoms with E-state index < -0.39 is 0 Å². The largest absolute Gasteiger partial charge is 0.280 e. The van der Waals surface area contributed by atoms with Crippen molar-refractivity contribution in [3.63, 3.8) is 0 Å². The molecule has 1 aliphatic rings. The first-order valence-electron chi connectivity index (χ1n) is 6.95. The molecule has 1 aromatic rings. The van der Waals surface area contributed by atoms with Crippen LogP contribution in [-0.4, -0.2) is 16.9 Å². The highest BCUT2D eigenvalue weighted by atomic mass is 16.7. The fourth-order valence-electron chi connectivity index (χ4n) is 2.04. The molecule has 0 spiro atoms. The van der Waals surface area contributed by atoms with Gasteiger partial charge in [0.1, 0.15) is 6.61 Å². The predicted molar refractivity (Wildman–Crippen MR) is 75.3 cm³/mol. The summed E-state index contributed by atoms with van der Waals surface area (Å²) in [6, 6.07) is 9.47. The van der Waals surface area contributed by atoms with Gasteiger partial charge in [-0.05, 0) is 12.0 Å². The van der Waals surface area contributed by atoms with Gasteiger partial charge in [-0.2, -0.15) is 0 Å². The Balaban J connectivity index is 1.94. The van der Waals surface area contributed by atoms with Crippen LogP contribution in [0.5, 0.6) is 0 Å². The molecule has 0 aromatic heterocycles. The molecule has 106 valence electrons. The Morgan fingerprint density at radius 3 is 2.70 bits per heavy atom. The summed E-state index contributed by atoms with van der Waals surface area (Å²) in [6.07, 6.45) is 4.93. The lowest BCUT2D eigenvalue weighted by Crippen LogP contribution is -2.29. The first-order valence-corrected chi connectivity index (χ1v) is 6.95. The quantitative estimate of drug-likeness (QED) is 0.455. The van der Waals surface area contributed by atoms with E-state index in [2.05, 4.69) is 6.92 Å². The van der Waals surface area contributed by atoms with E-state index in [0.717, 1.165) is 29.9 Å². The number of imide groups is 1. The Hall–Kier alpha value is -1.94. The normalized spacial score (nSPS) is 17.2. The van der Waals surface area contributed by atoms with Crippen molar-refractivity contribution >= 4 is 11.8 Å². The maximum Gasteiger partial charge on any atom is 0.280 e. The van der Waals surface area contributed by atoms with Crippen molar-refractivity contribution in [1.82, 2.24) is 5.06 Å². The van der Waals surface area contributed by atoms with Crippen LogP contribution in [0.15, 0.2) is 42.0 Å². The molecule has 0 N–H and O–H groups in total. The Kier molecular flexibility index (Phi) is 5.07. The van der Waals surface area contributed by atoms with Crippen LogP contribution in [0.25, 0.3) is 0 Å². The van der Waals surface area contributed by atoms with Gasteiger partial charge in [0.15, 0.2) is 0 Å². The van der Waals surface area contributed by atoms with Gasteiger partial charge >= 0.3 is 0 Å². The maximum absolute atomic E-state index is 12.0. The monoisotopic (exact) mass is 273 g/mol. The van der Waals surface area contributed by atoms with Crippen molar-refractivity contribution in [2.45, 2.75) is 39.2 Å². The minimum Gasteiger partial charge on any atom is -0.272 e. The molecule has 0 saturated carbocycles. The number of unbranched alkanes of at least 4 members (excludes halogenated alkanes) is 2. The van der Waals surface area contributed by atoms with E-state index in [1.54, 1.807) is 0 Å². The van der Waals surface area contributed by atoms with Crippen LogP contribution in [0.2, 0.25) is 0 Å². The van der Waals surface area contributed by atoms with Crippen LogP contribution in [-0.2, 0) is 21.0 Å². The standard InChI is InChI=1S/C16H19NO3/c1-2-3-5-10-14-11-15(18)17(16(14)19)20-12-13-8-6-4-7-9-13/h4,6-10H,2-3,5,11-12H2,1H3/b14-10+. The number of hydrogen-bond acceptors (Lipinski definition) is 3. The third kappa shape index (κ3) is 3.54. The number of carbonyl (C=O) groups excluding carboxylic acids is 2. The summed E-state index contributed by atoms with van der Waals surface area (Å²) in [7, 11) is 0. The number of amides is 2. The number of hydrogen-bond donors (Lipinski definition) is 0. The minimum absolute atomic E-state index is 0.150. The molecule has 2 amide bonds. The van der Waals surface area contributed by atoms with Crippen LogP contribution in [0.4, 0.5) is 0 Å². The van der Waals surface area contributed by atoms with E-state index in [9.17, 15) is 9.59 Å². The number of carbonyl (C=O) groups is 2. The van der Waals surface area contributed by atoms with Gasteiger partial charge in [0.05, 0.1) is 6.42 Å². The molecular weight excluding hydrogens is 254 g/mol. The van der Waals surface area contributed by atoms with Gasteiger partial charge in [-0.25, -0.2) is 0 Å². The molecule has 2 rings (SSSR count).